The van der Waals surface area contributed by atoms with E-state index in [-0.39, 0.29) is 5.69 Å². The number of benzene rings is 2. The Bertz CT molecular complexity index is 653. The Labute approximate surface area is 122 Å². The lowest BCUT2D eigenvalue weighted by Gasteiger charge is -2.08. The van der Waals surface area contributed by atoms with Crippen molar-refractivity contribution >= 4 is 5.69 Å². The van der Waals surface area contributed by atoms with Crippen LogP contribution in [0.5, 0.6) is 11.5 Å². The first kappa shape index (κ1) is 13.6. The third-order valence-corrected chi connectivity index (χ3v) is 3.33. The maximum atomic E-state index is 10.8. The molecule has 0 amide bonds. The molecule has 3 rings (SSSR count). The molecule has 0 radical (unpaired) electrons. The molecule has 0 saturated heterocycles. The van der Waals surface area contributed by atoms with Gasteiger partial charge in [0.1, 0.15) is 11.5 Å². The lowest BCUT2D eigenvalue weighted by atomic mass is 10.2. The molecule has 0 aliphatic heterocycles. The molecule has 1 aliphatic carbocycles. The van der Waals surface area contributed by atoms with Gasteiger partial charge in [0, 0.05) is 18.7 Å². The van der Waals surface area contributed by atoms with Gasteiger partial charge in [0.05, 0.1) is 11.0 Å². The van der Waals surface area contributed by atoms with E-state index in [0.29, 0.717) is 17.5 Å². The number of rotatable bonds is 6. The molecule has 0 aromatic heterocycles. The van der Waals surface area contributed by atoms with Gasteiger partial charge in [-0.15, -0.1) is 0 Å². The largest absolute Gasteiger partial charge is 0.457 e. The van der Waals surface area contributed by atoms with Crippen LogP contribution in [0.3, 0.4) is 0 Å². The van der Waals surface area contributed by atoms with Crippen LogP contribution in [0, 0.1) is 10.1 Å². The zero-order chi connectivity index (χ0) is 14.7. The normalized spacial score (nSPS) is 13.9. The third kappa shape index (κ3) is 3.79. The van der Waals surface area contributed by atoms with Gasteiger partial charge < -0.3 is 10.1 Å². The van der Waals surface area contributed by atoms with E-state index in [4.69, 9.17) is 4.74 Å². The smallest absolute Gasteiger partial charge is 0.273 e. The topological polar surface area (TPSA) is 64.4 Å². The zero-order valence-electron chi connectivity index (χ0n) is 11.5. The molecular weight excluding hydrogens is 268 g/mol. The fourth-order valence-electron chi connectivity index (χ4n) is 2.07. The van der Waals surface area contributed by atoms with Gasteiger partial charge in [0.25, 0.3) is 5.69 Å². The summed E-state index contributed by atoms with van der Waals surface area (Å²) in [6, 6.07) is 14.6. The summed E-state index contributed by atoms with van der Waals surface area (Å²) < 4.78 is 5.70. The van der Waals surface area contributed by atoms with Crippen LogP contribution >= 0.6 is 0 Å². The number of nitrogens with one attached hydrogen (secondary N) is 1. The van der Waals surface area contributed by atoms with Crippen LogP contribution in [0.25, 0.3) is 0 Å². The summed E-state index contributed by atoms with van der Waals surface area (Å²) in [7, 11) is 0. The highest BCUT2D eigenvalue weighted by molar-refractivity contribution is 5.41. The first-order valence-corrected chi connectivity index (χ1v) is 6.95. The van der Waals surface area contributed by atoms with Crippen molar-refractivity contribution in [2.45, 2.75) is 25.4 Å². The van der Waals surface area contributed by atoms with Gasteiger partial charge in [-0.05, 0) is 36.6 Å². The fourth-order valence-corrected chi connectivity index (χ4v) is 2.07. The van der Waals surface area contributed by atoms with Crippen molar-refractivity contribution in [2.75, 3.05) is 0 Å². The van der Waals surface area contributed by atoms with E-state index in [2.05, 4.69) is 5.32 Å². The van der Waals surface area contributed by atoms with Crippen molar-refractivity contribution < 1.29 is 9.66 Å². The number of ether oxygens (including phenoxy) is 1. The van der Waals surface area contributed by atoms with Crippen LogP contribution in [0.4, 0.5) is 5.69 Å². The van der Waals surface area contributed by atoms with Crippen molar-refractivity contribution in [3.63, 3.8) is 0 Å². The summed E-state index contributed by atoms with van der Waals surface area (Å²) in [6.07, 6.45) is 2.51. The van der Waals surface area contributed by atoms with Crippen molar-refractivity contribution in [3.8, 4) is 11.5 Å². The Morgan fingerprint density at radius 3 is 2.57 bits per heavy atom. The Kier molecular flexibility index (Phi) is 3.83. The molecule has 0 spiro atoms. The summed E-state index contributed by atoms with van der Waals surface area (Å²) in [6.45, 7) is 0.816. The number of hydrogen-bond acceptors (Lipinski definition) is 4. The Morgan fingerprint density at radius 1 is 1.14 bits per heavy atom. The van der Waals surface area contributed by atoms with Gasteiger partial charge in [-0.1, -0.05) is 18.2 Å². The van der Waals surface area contributed by atoms with Gasteiger partial charge in [0.15, 0.2) is 0 Å². The van der Waals surface area contributed by atoms with Gasteiger partial charge in [-0.2, -0.15) is 0 Å². The Hall–Kier alpha value is -2.40. The Morgan fingerprint density at radius 2 is 1.86 bits per heavy atom. The molecule has 0 heterocycles. The van der Waals surface area contributed by atoms with Gasteiger partial charge in [0.2, 0.25) is 0 Å². The molecule has 21 heavy (non-hydrogen) atoms. The SMILES string of the molecule is O=[N+]([O-])c1cccc(Oc2cccc(CNC3CC3)c2)c1. The van der Waals surface area contributed by atoms with E-state index in [1.807, 2.05) is 24.3 Å². The van der Waals surface area contributed by atoms with E-state index in [0.717, 1.165) is 12.1 Å². The average molecular weight is 284 g/mol. The molecule has 0 unspecified atom stereocenters. The van der Waals surface area contributed by atoms with E-state index in [9.17, 15) is 10.1 Å². The highest BCUT2D eigenvalue weighted by Gasteiger charge is 2.19. The molecule has 1 saturated carbocycles. The molecule has 1 aliphatic rings. The predicted octanol–water partition coefficient (Wildman–Crippen LogP) is 3.64. The second-order valence-corrected chi connectivity index (χ2v) is 5.16. The van der Waals surface area contributed by atoms with E-state index >= 15 is 0 Å². The van der Waals surface area contributed by atoms with Crippen LogP contribution in [0.1, 0.15) is 18.4 Å². The van der Waals surface area contributed by atoms with Crippen LogP contribution < -0.4 is 10.1 Å². The van der Waals surface area contributed by atoms with E-state index in [1.54, 1.807) is 12.1 Å². The minimum absolute atomic E-state index is 0.0269. The van der Waals surface area contributed by atoms with E-state index in [1.165, 1.54) is 25.0 Å². The molecule has 1 N–H and O–H groups in total. The number of nitrogens with zero attached hydrogens (tertiary/aromatic N) is 1. The molecule has 5 nitrogen and oxygen atoms in total. The highest BCUT2D eigenvalue weighted by atomic mass is 16.6. The minimum Gasteiger partial charge on any atom is -0.457 e. The number of nitro benzene ring substituents is 1. The standard InChI is InChI=1S/C16H16N2O3/c19-18(20)14-4-2-6-16(10-14)21-15-5-1-3-12(9-15)11-17-13-7-8-13/h1-6,9-10,13,17H,7-8,11H2. The molecule has 5 heteroatoms. The van der Waals surface area contributed by atoms with Crippen LogP contribution in [-0.4, -0.2) is 11.0 Å². The first-order chi connectivity index (χ1) is 10.2. The van der Waals surface area contributed by atoms with Crippen molar-refractivity contribution in [2.24, 2.45) is 0 Å². The lowest BCUT2D eigenvalue weighted by Crippen LogP contribution is -2.15. The lowest BCUT2D eigenvalue weighted by molar-refractivity contribution is -0.384. The fraction of sp³-hybridized carbons (Fsp3) is 0.250. The van der Waals surface area contributed by atoms with Crippen LogP contribution in [0.2, 0.25) is 0 Å². The van der Waals surface area contributed by atoms with Crippen molar-refractivity contribution in [3.05, 3.63) is 64.2 Å². The highest BCUT2D eigenvalue weighted by Crippen LogP contribution is 2.26. The summed E-state index contributed by atoms with van der Waals surface area (Å²) >= 11 is 0. The molecule has 2 aromatic rings. The number of nitro groups is 1. The first-order valence-electron chi connectivity index (χ1n) is 6.95. The molecule has 2 aromatic carbocycles. The maximum Gasteiger partial charge on any atom is 0.273 e. The zero-order valence-corrected chi connectivity index (χ0v) is 11.5. The van der Waals surface area contributed by atoms with Gasteiger partial charge >= 0.3 is 0 Å². The quantitative estimate of drug-likeness (QED) is 0.649. The average Bonchev–Trinajstić information content (AvgIpc) is 3.30. The monoisotopic (exact) mass is 284 g/mol. The van der Waals surface area contributed by atoms with Crippen LogP contribution in [0.15, 0.2) is 48.5 Å². The molecule has 0 bridgehead atoms. The second-order valence-electron chi connectivity index (χ2n) is 5.16. The summed E-state index contributed by atoms with van der Waals surface area (Å²) in [5, 5.41) is 14.2. The summed E-state index contributed by atoms with van der Waals surface area (Å²) in [4.78, 5) is 10.3. The number of hydrogen-bond donors (Lipinski definition) is 1. The van der Waals surface area contributed by atoms with Crippen molar-refractivity contribution in [1.82, 2.24) is 5.32 Å². The maximum absolute atomic E-state index is 10.8. The van der Waals surface area contributed by atoms with Crippen molar-refractivity contribution in [1.29, 1.82) is 0 Å². The molecular formula is C16H16N2O3. The minimum atomic E-state index is -0.428. The Balaban J connectivity index is 1.70. The second kappa shape index (κ2) is 5.93. The van der Waals surface area contributed by atoms with Gasteiger partial charge in [-0.3, -0.25) is 10.1 Å². The number of non-ortho nitro benzene ring substituents is 1. The molecule has 0 atom stereocenters. The molecule has 108 valence electrons. The third-order valence-electron chi connectivity index (χ3n) is 3.33. The van der Waals surface area contributed by atoms with Gasteiger partial charge in [-0.25, -0.2) is 0 Å². The predicted molar refractivity (Wildman–Crippen MR) is 79.5 cm³/mol. The summed E-state index contributed by atoms with van der Waals surface area (Å²) in [5.74, 6) is 1.15. The van der Waals surface area contributed by atoms with Crippen LogP contribution in [-0.2, 0) is 6.54 Å². The molecule has 1 fully saturated rings. The summed E-state index contributed by atoms with van der Waals surface area (Å²) in [5.41, 5.74) is 1.17. The van der Waals surface area contributed by atoms with E-state index < -0.39 is 4.92 Å².